The number of amides is 1. The van der Waals surface area contributed by atoms with Crippen molar-refractivity contribution in [1.29, 1.82) is 0 Å². The van der Waals surface area contributed by atoms with Crippen LogP contribution in [0.4, 0.5) is 0 Å². The monoisotopic (exact) mass is 395 g/mol. The second-order valence-corrected chi connectivity index (χ2v) is 9.65. The molecular formula is C18H25N3O3S2. The number of benzene rings is 1. The van der Waals surface area contributed by atoms with Gasteiger partial charge in [-0.05, 0) is 37.8 Å². The molecule has 26 heavy (non-hydrogen) atoms. The zero-order chi connectivity index (χ0) is 18.9. The fourth-order valence-electron chi connectivity index (χ4n) is 3.50. The van der Waals surface area contributed by atoms with Crippen molar-refractivity contribution in [3.8, 4) is 0 Å². The van der Waals surface area contributed by atoms with Crippen LogP contribution in [0.25, 0.3) is 10.2 Å². The van der Waals surface area contributed by atoms with E-state index in [1.165, 1.54) is 27.5 Å². The molecule has 6 nitrogen and oxygen atoms in total. The van der Waals surface area contributed by atoms with Crippen molar-refractivity contribution in [2.75, 3.05) is 19.3 Å². The second-order valence-electron chi connectivity index (χ2n) is 6.66. The summed E-state index contributed by atoms with van der Waals surface area (Å²) in [6, 6.07) is 6.20. The van der Waals surface area contributed by atoms with Crippen LogP contribution in [0.15, 0.2) is 23.2 Å². The van der Waals surface area contributed by atoms with Gasteiger partial charge in [0, 0.05) is 19.6 Å². The smallest absolute Gasteiger partial charge is 0.252 e. The molecule has 0 N–H and O–H groups in total. The maximum Gasteiger partial charge on any atom is 0.252 e. The van der Waals surface area contributed by atoms with Gasteiger partial charge < -0.3 is 4.57 Å². The first-order valence-electron chi connectivity index (χ1n) is 9.00. The summed E-state index contributed by atoms with van der Waals surface area (Å²) in [6.45, 7) is 5.63. The summed E-state index contributed by atoms with van der Waals surface area (Å²) in [5.74, 6) is -0.579. The van der Waals surface area contributed by atoms with E-state index in [2.05, 4.69) is 28.6 Å². The number of rotatable bonds is 4. The number of hydrogen-bond acceptors (Lipinski definition) is 4. The number of carbonyl (C=O) groups is 1. The number of aromatic nitrogens is 1. The fourth-order valence-corrected chi connectivity index (χ4v) is 5.56. The van der Waals surface area contributed by atoms with Gasteiger partial charge in [-0.15, -0.1) is 0 Å². The molecule has 0 aliphatic carbocycles. The molecule has 0 bridgehead atoms. The molecule has 1 atom stereocenters. The summed E-state index contributed by atoms with van der Waals surface area (Å²) in [7, 11) is -3.27. The Labute approximate surface area is 158 Å². The minimum Gasteiger partial charge on any atom is -0.316 e. The van der Waals surface area contributed by atoms with E-state index in [0.29, 0.717) is 24.2 Å². The predicted octanol–water partition coefficient (Wildman–Crippen LogP) is 2.38. The van der Waals surface area contributed by atoms with E-state index >= 15 is 0 Å². The maximum atomic E-state index is 12.7. The Hall–Kier alpha value is -1.51. The fraction of sp³-hybridized carbons (Fsp3) is 0.556. The SMILES string of the molecule is CCc1cccc2sc(=NC(=O)C3CCCN(S(C)(=O)=O)C3)n(CC)c12. The average molecular weight is 396 g/mol. The molecule has 8 heteroatoms. The summed E-state index contributed by atoms with van der Waals surface area (Å²) in [6.07, 6.45) is 3.50. The van der Waals surface area contributed by atoms with Crippen LogP contribution in [0.5, 0.6) is 0 Å². The van der Waals surface area contributed by atoms with Crippen LogP contribution in [0.1, 0.15) is 32.3 Å². The van der Waals surface area contributed by atoms with Gasteiger partial charge in [0.25, 0.3) is 5.91 Å². The number of thiazole rings is 1. The van der Waals surface area contributed by atoms with Crippen molar-refractivity contribution >= 4 is 37.5 Å². The van der Waals surface area contributed by atoms with Crippen molar-refractivity contribution < 1.29 is 13.2 Å². The molecule has 1 fully saturated rings. The Kier molecular flexibility index (Phi) is 5.64. The summed E-state index contributed by atoms with van der Waals surface area (Å²) in [5.41, 5.74) is 2.39. The molecule has 1 saturated heterocycles. The summed E-state index contributed by atoms with van der Waals surface area (Å²) in [5, 5.41) is 0. The molecule has 1 aliphatic rings. The third kappa shape index (κ3) is 3.77. The van der Waals surface area contributed by atoms with E-state index in [9.17, 15) is 13.2 Å². The molecule has 1 amide bonds. The molecule has 2 aromatic rings. The van der Waals surface area contributed by atoms with Crippen molar-refractivity contribution in [1.82, 2.24) is 8.87 Å². The molecule has 0 spiro atoms. The molecule has 1 unspecified atom stereocenters. The van der Waals surface area contributed by atoms with Gasteiger partial charge in [-0.2, -0.15) is 4.99 Å². The minimum absolute atomic E-state index is 0.217. The Bertz CT molecular complexity index is 989. The third-order valence-corrected chi connectivity index (χ3v) is 7.20. The number of hydrogen-bond donors (Lipinski definition) is 0. The molecular weight excluding hydrogens is 370 g/mol. The molecule has 1 aromatic heterocycles. The van der Waals surface area contributed by atoms with E-state index in [4.69, 9.17) is 0 Å². The lowest BCUT2D eigenvalue weighted by Crippen LogP contribution is -2.41. The van der Waals surface area contributed by atoms with Crippen LogP contribution in [-0.2, 0) is 27.8 Å². The highest BCUT2D eigenvalue weighted by atomic mass is 32.2. The predicted molar refractivity (Wildman–Crippen MR) is 105 cm³/mol. The van der Waals surface area contributed by atoms with E-state index in [-0.39, 0.29) is 18.4 Å². The van der Waals surface area contributed by atoms with Crippen LogP contribution in [0.3, 0.4) is 0 Å². The van der Waals surface area contributed by atoms with Crippen molar-refractivity contribution in [3.63, 3.8) is 0 Å². The summed E-state index contributed by atoms with van der Waals surface area (Å²) < 4.78 is 28.2. The van der Waals surface area contributed by atoms with Gasteiger partial charge in [0.05, 0.1) is 22.4 Å². The van der Waals surface area contributed by atoms with Gasteiger partial charge in [0.2, 0.25) is 10.0 Å². The molecule has 3 rings (SSSR count). The molecule has 142 valence electrons. The Balaban J connectivity index is 1.98. The lowest BCUT2D eigenvalue weighted by Gasteiger charge is -2.28. The van der Waals surface area contributed by atoms with E-state index in [1.807, 2.05) is 13.0 Å². The minimum atomic E-state index is -3.27. The number of aryl methyl sites for hydroxylation is 2. The highest BCUT2D eigenvalue weighted by molar-refractivity contribution is 7.88. The second kappa shape index (κ2) is 7.62. The number of nitrogens with zero attached hydrogens (tertiary/aromatic N) is 3. The zero-order valence-electron chi connectivity index (χ0n) is 15.4. The Morgan fingerprint density at radius 3 is 2.77 bits per heavy atom. The van der Waals surface area contributed by atoms with Gasteiger partial charge in [-0.1, -0.05) is 30.4 Å². The number of fused-ring (bicyclic) bond motifs is 1. The number of sulfonamides is 1. The lowest BCUT2D eigenvalue weighted by molar-refractivity contribution is -0.122. The molecule has 1 aromatic carbocycles. The van der Waals surface area contributed by atoms with E-state index in [1.54, 1.807) is 0 Å². The number of carbonyl (C=O) groups excluding carboxylic acids is 1. The first-order chi connectivity index (χ1) is 12.3. The average Bonchev–Trinajstić information content (AvgIpc) is 2.98. The van der Waals surface area contributed by atoms with Crippen molar-refractivity contribution in [3.05, 3.63) is 28.6 Å². The standard InChI is InChI=1S/C18H25N3O3S2/c1-4-13-8-6-10-15-16(13)21(5-2)18(25-15)19-17(22)14-9-7-11-20(12-14)26(3,23)24/h6,8,10,14H,4-5,7,9,11-12H2,1-3H3. The normalized spacial score (nSPS) is 20.0. The summed E-state index contributed by atoms with van der Waals surface area (Å²) >= 11 is 1.52. The van der Waals surface area contributed by atoms with E-state index < -0.39 is 10.0 Å². The topological polar surface area (TPSA) is 71.7 Å². The Morgan fingerprint density at radius 1 is 1.35 bits per heavy atom. The highest BCUT2D eigenvalue weighted by Gasteiger charge is 2.30. The Morgan fingerprint density at radius 2 is 2.12 bits per heavy atom. The van der Waals surface area contributed by atoms with Gasteiger partial charge in [0.1, 0.15) is 0 Å². The van der Waals surface area contributed by atoms with Crippen LogP contribution < -0.4 is 4.80 Å². The van der Waals surface area contributed by atoms with Gasteiger partial charge >= 0.3 is 0 Å². The third-order valence-electron chi connectivity index (χ3n) is 4.89. The first-order valence-corrected chi connectivity index (χ1v) is 11.7. The lowest BCUT2D eigenvalue weighted by atomic mass is 9.99. The van der Waals surface area contributed by atoms with Crippen LogP contribution in [-0.4, -0.2) is 42.5 Å². The molecule has 0 saturated carbocycles. The van der Waals surface area contributed by atoms with Crippen molar-refractivity contribution in [2.45, 2.75) is 39.7 Å². The van der Waals surface area contributed by atoms with Crippen molar-refractivity contribution in [2.24, 2.45) is 10.9 Å². The molecule has 2 heterocycles. The van der Waals surface area contributed by atoms with Crippen LogP contribution >= 0.6 is 11.3 Å². The van der Waals surface area contributed by atoms with Crippen LogP contribution in [0, 0.1) is 5.92 Å². The zero-order valence-corrected chi connectivity index (χ0v) is 17.1. The van der Waals surface area contributed by atoms with Gasteiger partial charge in [-0.3, -0.25) is 4.79 Å². The molecule has 1 aliphatic heterocycles. The largest absolute Gasteiger partial charge is 0.316 e. The maximum absolute atomic E-state index is 12.7. The summed E-state index contributed by atoms with van der Waals surface area (Å²) in [4.78, 5) is 17.8. The van der Waals surface area contributed by atoms with Gasteiger partial charge in [-0.25, -0.2) is 12.7 Å². The first kappa shape index (κ1) is 19.3. The number of piperidine rings is 1. The van der Waals surface area contributed by atoms with E-state index in [0.717, 1.165) is 23.2 Å². The molecule has 0 radical (unpaired) electrons. The highest BCUT2D eigenvalue weighted by Crippen LogP contribution is 2.23. The number of para-hydroxylation sites is 1. The van der Waals surface area contributed by atoms with Gasteiger partial charge in [0.15, 0.2) is 4.80 Å². The quantitative estimate of drug-likeness (QED) is 0.798. The van der Waals surface area contributed by atoms with Crippen LogP contribution in [0.2, 0.25) is 0 Å².